The van der Waals surface area contributed by atoms with Gasteiger partial charge in [-0.25, -0.2) is 0 Å². The van der Waals surface area contributed by atoms with Crippen molar-refractivity contribution in [1.82, 2.24) is 0 Å². The van der Waals surface area contributed by atoms with Crippen LogP contribution in [0, 0.1) is 18.8 Å². The van der Waals surface area contributed by atoms with Crippen LogP contribution < -0.4 is 11.1 Å². The van der Waals surface area contributed by atoms with E-state index >= 15 is 0 Å². The zero-order chi connectivity index (χ0) is 15.2. The van der Waals surface area contributed by atoms with E-state index in [0.717, 1.165) is 11.1 Å². The highest BCUT2D eigenvalue weighted by atomic mass is 35.5. The number of hydrogen-bond acceptors (Lipinski definition) is 2. The number of amides is 1. The molecule has 0 aliphatic carbocycles. The Labute approximate surface area is 129 Å². The molecule has 2 aromatic rings. The van der Waals surface area contributed by atoms with Crippen molar-refractivity contribution in [3.05, 3.63) is 64.2 Å². The number of anilines is 1. The molecule has 0 fully saturated rings. The zero-order valence-corrected chi connectivity index (χ0v) is 12.4. The van der Waals surface area contributed by atoms with E-state index in [1.807, 2.05) is 19.1 Å². The summed E-state index contributed by atoms with van der Waals surface area (Å²) in [7, 11) is 0. The summed E-state index contributed by atoms with van der Waals surface area (Å²) in [5, 5.41) is 3.47. The average Bonchev–Trinajstić information content (AvgIpc) is 2.48. The van der Waals surface area contributed by atoms with Gasteiger partial charge in [-0.1, -0.05) is 29.5 Å². The van der Waals surface area contributed by atoms with Crippen LogP contribution in [0.5, 0.6) is 0 Å². The lowest BCUT2D eigenvalue weighted by atomic mass is 10.0. The van der Waals surface area contributed by atoms with Gasteiger partial charge in [-0.15, -0.1) is 0 Å². The molecule has 0 aliphatic rings. The second kappa shape index (κ2) is 6.94. The van der Waals surface area contributed by atoms with Gasteiger partial charge in [-0.05, 0) is 48.9 Å². The van der Waals surface area contributed by atoms with Crippen molar-refractivity contribution in [1.29, 1.82) is 0 Å². The van der Waals surface area contributed by atoms with E-state index in [-0.39, 0.29) is 5.91 Å². The fourth-order valence-electron chi connectivity index (χ4n) is 1.89. The third kappa shape index (κ3) is 3.85. The molecule has 0 atom stereocenters. The van der Waals surface area contributed by atoms with E-state index in [2.05, 4.69) is 17.2 Å². The lowest BCUT2D eigenvalue weighted by Gasteiger charge is -2.09. The van der Waals surface area contributed by atoms with Gasteiger partial charge in [-0.2, -0.15) is 0 Å². The van der Waals surface area contributed by atoms with Gasteiger partial charge >= 0.3 is 0 Å². The van der Waals surface area contributed by atoms with Crippen LogP contribution in [0.25, 0.3) is 0 Å². The highest BCUT2D eigenvalue weighted by molar-refractivity contribution is 6.30. The Balaban J connectivity index is 2.25. The summed E-state index contributed by atoms with van der Waals surface area (Å²) < 4.78 is 0. The molecule has 0 heterocycles. The summed E-state index contributed by atoms with van der Waals surface area (Å²) in [6.07, 6.45) is 0. The molecule has 0 aliphatic heterocycles. The van der Waals surface area contributed by atoms with E-state index in [0.29, 0.717) is 22.8 Å². The second-order valence-electron chi connectivity index (χ2n) is 4.45. The molecule has 3 nitrogen and oxygen atoms in total. The van der Waals surface area contributed by atoms with Crippen LogP contribution in [0.3, 0.4) is 0 Å². The number of carbonyl (C=O) groups is 1. The lowest BCUT2D eigenvalue weighted by molar-refractivity contribution is 0.102. The summed E-state index contributed by atoms with van der Waals surface area (Å²) in [6.45, 7) is 2.16. The minimum atomic E-state index is -0.175. The normalized spacial score (nSPS) is 9.67. The highest BCUT2D eigenvalue weighted by Crippen LogP contribution is 2.17. The molecule has 0 radical (unpaired) electrons. The van der Waals surface area contributed by atoms with Crippen LogP contribution >= 0.6 is 11.6 Å². The quantitative estimate of drug-likeness (QED) is 0.837. The predicted molar refractivity (Wildman–Crippen MR) is 86.5 cm³/mol. The van der Waals surface area contributed by atoms with E-state index in [1.165, 1.54) is 0 Å². The van der Waals surface area contributed by atoms with Crippen molar-refractivity contribution >= 4 is 23.2 Å². The fraction of sp³-hybridized carbons (Fsp3) is 0.118. The zero-order valence-electron chi connectivity index (χ0n) is 11.6. The molecule has 4 heteroatoms. The van der Waals surface area contributed by atoms with Crippen LogP contribution in [-0.4, -0.2) is 12.5 Å². The Morgan fingerprint density at radius 2 is 1.95 bits per heavy atom. The number of nitrogens with two attached hydrogens (primary N) is 1. The van der Waals surface area contributed by atoms with E-state index in [9.17, 15) is 4.79 Å². The molecule has 0 spiro atoms. The van der Waals surface area contributed by atoms with Gasteiger partial charge in [0.05, 0.1) is 6.54 Å². The molecule has 2 aromatic carbocycles. The van der Waals surface area contributed by atoms with E-state index in [4.69, 9.17) is 17.3 Å². The second-order valence-corrected chi connectivity index (χ2v) is 4.88. The molecular weight excluding hydrogens is 284 g/mol. The first kappa shape index (κ1) is 15.1. The summed E-state index contributed by atoms with van der Waals surface area (Å²) in [5.74, 6) is 5.59. The average molecular weight is 299 g/mol. The minimum absolute atomic E-state index is 0.175. The monoisotopic (exact) mass is 298 g/mol. The Kier molecular flexibility index (Phi) is 4.99. The molecule has 0 saturated heterocycles. The fourth-order valence-corrected chi connectivity index (χ4v) is 2.02. The van der Waals surface area contributed by atoms with Gasteiger partial charge in [0.15, 0.2) is 0 Å². The number of nitrogens with one attached hydrogen (secondary N) is 1. The van der Waals surface area contributed by atoms with Gasteiger partial charge in [0, 0.05) is 21.8 Å². The van der Waals surface area contributed by atoms with Crippen LogP contribution in [0.1, 0.15) is 21.5 Å². The van der Waals surface area contributed by atoms with Crippen LogP contribution in [-0.2, 0) is 0 Å². The number of carbonyl (C=O) groups excluding carboxylic acids is 1. The van der Waals surface area contributed by atoms with Crippen molar-refractivity contribution in [2.45, 2.75) is 6.92 Å². The van der Waals surface area contributed by atoms with Crippen LogP contribution in [0.2, 0.25) is 5.02 Å². The standard InChI is InChI=1S/C17H15ClN2O/c1-12-13(5-3-11-19)4-2-6-16(12)17(21)20-15-9-7-14(18)8-10-15/h2,4,6-10H,11,19H2,1H3,(H,20,21). The third-order valence-corrected chi connectivity index (χ3v) is 3.26. The smallest absolute Gasteiger partial charge is 0.255 e. The number of rotatable bonds is 2. The molecule has 21 heavy (non-hydrogen) atoms. The maximum Gasteiger partial charge on any atom is 0.255 e. The van der Waals surface area contributed by atoms with Crippen LogP contribution in [0.15, 0.2) is 42.5 Å². The number of benzene rings is 2. The first-order valence-corrected chi connectivity index (χ1v) is 6.85. The van der Waals surface area contributed by atoms with Gasteiger partial charge in [0.1, 0.15) is 0 Å². The minimum Gasteiger partial charge on any atom is -0.322 e. The molecule has 1 amide bonds. The number of hydrogen-bond donors (Lipinski definition) is 2. The van der Waals surface area contributed by atoms with Crippen molar-refractivity contribution in [3.8, 4) is 11.8 Å². The SMILES string of the molecule is Cc1c(C#CCN)cccc1C(=O)Nc1ccc(Cl)cc1. The molecule has 3 N–H and O–H groups in total. The lowest BCUT2D eigenvalue weighted by Crippen LogP contribution is -2.13. The Bertz CT molecular complexity index is 712. The first-order valence-electron chi connectivity index (χ1n) is 6.47. The predicted octanol–water partition coefficient (Wildman–Crippen LogP) is 3.21. The molecule has 0 aromatic heterocycles. The highest BCUT2D eigenvalue weighted by Gasteiger charge is 2.11. The van der Waals surface area contributed by atoms with E-state index < -0.39 is 0 Å². The Morgan fingerprint density at radius 3 is 2.62 bits per heavy atom. The van der Waals surface area contributed by atoms with E-state index in [1.54, 1.807) is 30.3 Å². The summed E-state index contributed by atoms with van der Waals surface area (Å²) in [4.78, 5) is 12.3. The van der Waals surface area contributed by atoms with Crippen LogP contribution in [0.4, 0.5) is 5.69 Å². The van der Waals surface area contributed by atoms with Gasteiger partial charge in [0.2, 0.25) is 0 Å². The Hall–Kier alpha value is -2.28. The molecule has 2 rings (SSSR count). The molecular formula is C17H15ClN2O. The van der Waals surface area contributed by atoms with Gasteiger partial charge in [-0.3, -0.25) is 4.79 Å². The third-order valence-electron chi connectivity index (χ3n) is 3.01. The van der Waals surface area contributed by atoms with Crippen molar-refractivity contribution in [3.63, 3.8) is 0 Å². The van der Waals surface area contributed by atoms with Crippen molar-refractivity contribution in [2.75, 3.05) is 11.9 Å². The van der Waals surface area contributed by atoms with Gasteiger partial charge < -0.3 is 11.1 Å². The van der Waals surface area contributed by atoms with Crippen molar-refractivity contribution < 1.29 is 4.79 Å². The number of halogens is 1. The Morgan fingerprint density at radius 1 is 1.24 bits per heavy atom. The molecule has 0 saturated carbocycles. The first-order chi connectivity index (χ1) is 10.1. The summed E-state index contributed by atoms with van der Waals surface area (Å²) in [5.41, 5.74) is 8.31. The largest absolute Gasteiger partial charge is 0.322 e. The van der Waals surface area contributed by atoms with Crippen molar-refractivity contribution in [2.24, 2.45) is 5.73 Å². The summed E-state index contributed by atoms with van der Waals surface area (Å²) in [6, 6.07) is 12.4. The maximum absolute atomic E-state index is 12.3. The topological polar surface area (TPSA) is 55.1 Å². The molecule has 0 unspecified atom stereocenters. The summed E-state index contributed by atoms with van der Waals surface area (Å²) >= 11 is 5.82. The van der Waals surface area contributed by atoms with Gasteiger partial charge in [0.25, 0.3) is 5.91 Å². The molecule has 106 valence electrons. The molecule has 0 bridgehead atoms. The maximum atomic E-state index is 12.3.